The minimum absolute atomic E-state index is 0.0668. The molecule has 0 aromatic heterocycles. The summed E-state index contributed by atoms with van der Waals surface area (Å²) in [6.45, 7) is 1.27. The van der Waals surface area contributed by atoms with E-state index in [1.54, 1.807) is 12.1 Å². The van der Waals surface area contributed by atoms with E-state index in [9.17, 15) is 14.7 Å². The van der Waals surface area contributed by atoms with Crippen LogP contribution in [0, 0.1) is 0 Å². The van der Waals surface area contributed by atoms with E-state index in [2.05, 4.69) is 10.5 Å². The van der Waals surface area contributed by atoms with Crippen LogP contribution in [0.15, 0.2) is 41.5 Å². The Morgan fingerprint density at radius 2 is 1.65 bits per heavy atom. The fourth-order valence-electron chi connectivity index (χ4n) is 2.06. The van der Waals surface area contributed by atoms with Crippen molar-refractivity contribution < 1.29 is 28.9 Å². The number of ether oxygens (including phenoxy) is 3. The summed E-state index contributed by atoms with van der Waals surface area (Å²) in [6, 6.07) is 8.92. The van der Waals surface area contributed by atoms with Crippen molar-refractivity contribution >= 4 is 18.1 Å². The average molecular weight is 358 g/mol. The quantitative estimate of drug-likeness (QED) is 0.354. The Bertz CT molecular complexity index is 805. The summed E-state index contributed by atoms with van der Waals surface area (Å²) in [5.74, 6) is -0.150. The van der Waals surface area contributed by atoms with Gasteiger partial charge in [-0.25, -0.2) is 5.43 Å². The lowest BCUT2D eigenvalue weighted by Gasteiger charge is -2.13. The molecule has 0 aliphatic heterocycles. The number of esters is 1. The van der Waals surface area contributed by atoms with Gasteiger partial charge in [0.15, 0.2) is 11.5 Å². The van der Waals surface area contributed by atoms with E-state index in [1.807, 2.05) is 0 Å². The van der Waals surface area contributed by atoms with E-state index < -0.39 is 11.9 Å². The number of hydrogen-bond acceptors (Lipinski definition) is 7. The maximum Gasteiger partial charge on any atom is 0.308 e. The van der Waals surface area contributed by atoms with Crippen molar-refractivity contribution in [1.29, 1.82) is 0 Å². The summed E-state index contributed by atoms with van der Waals surface area (Å²) < 4.78 is 15.5. The third kappa shape index (κ3) is 4.73. The van der Waals surface area contributed by atoms with Gasteiger partial charge in [-0.2, -0.15) is 5.10 Å². The Morgan fingerprint density at radius 3 is 2.15 bits per heavy atom. The third-order valence-electron chi connectivity index (χ3n) is 3.24. The van der Waals surface area contributed by atoms with Crippen LogP contribution in [0.25, 0.3) is 0 Å². The molecule has 0 aliphatic carbocycles. The number of phenolic OH excluding ortho intramolecular Hbond substituents is 1. The summed E-state index contributed by atoms with van der Waals surface area (Å²) in [5, 5.41) is 13.1. The Balaban J connectivity index is 2.17. The molecule has 0 heterocycles. The van der Waals surface area contributed by atoms with Crippen LogP contribution in [0.3, 0.4) is 0 Å². The molecule has 26 heavy (non-hydrogen) atoms. The van der Waals surface area contributed by atoms with E-state index in [0.717, 1.165) is 0 Å². The highest BCUT2D eigenvalue weighted by molar-refractivity contribution is 5.95. The number of benzene rings is 2. The molecule has 2 aromatic rings. The van der Waals surface area contributed by atoms with E-state index in [0.29, 0.717) is 11.1 Å². The van der Waals surface area contributed by atoms with Gasteiger partial charge in [0.25, 0.3) is 5.91 Å². The molecule has 0 unspecified atom stereocenters. The number of rotatable bonds is 6. The molecule has 0 fully saturated rings. The molecule has 0 saturated heterocycles. The minimum atomic E-state index is -0.510. The van der Waals surface area contributed by atoms with Gasteiger partial charge in [0.1, 0.15) is 5.75 Å². The maximum absolute atomic E-state index is 12.0. The third-order valence-corrected chi connectivity index (χ3v) is 3.24. The first-order valence-electron chi connectivity index (χ1n) is 7.51. The Hall–Kier alpha value is -3.55. The molecule has 2 N–H and O–H groups in total. The molecule has 2 aromatic carbocycles. The van der Waals surface area contributed by atoms with Crippen LogP contribution < -0.4 is 19.6 Å². The van der Waals surface area contributed by atoms with Crippen molar-refractivity contribution in [1.82, 2.24) is 5.43 Å². The number of nitrogens with one attached hydrogen (secondary N) is 1. The number of hydrazone groups is 1. The van der Waals surface area contributed by atoms with Crippen molar-refractivity contribution in [3.05, 3.63) is 47.5 Å². The topological polar surface area (TPSA) is 106 Å². The predicted molar refractivity (Wildman–Crippen MR) is 94.0 cm³/mol. The first kappa shape index (κ1) is 18.8. The highest BCUT2D eigenvalue weighted by atomic mass is 16.6. The van der Waals surface area contributed by atoms with Crippen molar-refractivity contribution in [3.8, 4) is 23.0 Å². The smallest absolute Gasteiger partial charge is 0.308 e. The highest BCUT2D eigenvalue weighted by Gasteiger charge is 2.15. The van der Waals surface area contributed by atoms with E-state index in [1.165, 1.54) is 51.6 Å². The van der Waals surface area contributed by atoms with Gasteiger partial charge in [-0.1, -0.05) is 0 Å². The Morgan fingerprint density at radius 1 is 1.08 bits per heavy atom. The van der Waals surface area contributed by atoms with Gasteiger partial charge >= 0.3 is 5.97 Å². The van der Waals surface area contributed by atoms with Crippen LogP contribution in [-0.2, 0) is 4.79 Å². The average Bonchev–Trinajstić information content (AvgIpc) is 2.62. The fraction of sp³-hybridized carbons (Fsp3) is 0.167. The lowest BCUT2D eigenvalue weighted by Crippen LogP contribution is -2.17. The van der Waals surface area contributed by atoms with Crippen LogP contribution >= 0.6 is 0 Å². The first-order chi connectivity index (χ1) is 12.4. The fourth-order valence-corrected chi connectivity index (χ4v) is 2.06. The van der Waals surface area contributed by atoms with Crippen LogP contribution in [0.5, 0.6) is 23.0 Å². The van der Waals surface area contributed by atoms with Gasteiger partial charge in [-0.05, 0) is 36.4 Å². The number of amides is 1. The molecule has 0 saturated carbocycles. The van der Waals surface area contributed by atoms with Crippen molar-refractivity contribution in [2.24, 2.45) is 5.10 Å². The molecule has 1 amide bonds. The number of nitrogens with zero attached hydrogens (tertiary/aromatic N) is 1. The number of hydrogen-bond donors (Lipinski definition) is 2. The van der Waals surface area contributed by atoms with Crippen LogP contribution in [-0.4, -0.2) is 37.4 Å². The molecule has 0 aliphatic rings. The zero-order chi connectivity index (χ0) is 19.1. The molecule has 8 nitrogen and oxygen atoms in total. The van der Waals surface area contributed by atoms with Crippen LogP contribution in [0.1, 0.15) is 22.8 Å². The second kappa shape index (κ2) is 8.52. The van der Waals surface area contributed by atoms with Crippen molar-refractivity contribution in [3.63, 3.8) is 0 Å². The zero-order valence-corrected chi connectivity index (χ0v) is 14.5. The van der Waals surface area contributed by atoms with Crippen molar-refractivity contribution in [2.45, 2.75) is 6.92 Å². The van der Waals surface area contributed by atoms with Gasteiger partial charge < -0.3 is 19.3 Å². The number of phenols is 1. The second-order valence-corrected chi connectivity index (χ2v) is 5.09. The Labute approximate surface area is 150 Å². The highest BCUT2D eigenvalue weighted by Crippen LogP contribution is 2.38. The monoisotopic (exact) mass is 358 g/mol. The van der Waals surface area contributed by atoms with Crippen molar-refractivity contribution in [2.75, 3.05) is 14.2 Å². The largest absolute Gasteiger partial charge is 0.508 e. The number of carbonyl (C=O) groups excluding carboxylic acids is 2. The van der Waals surface area contributed by atoms with Gasteiger partial charge in [0.2, 0.25) is 5.75 Å². The molecule has 136 valence electrons. The summed E-state index contributed by atoms with van der Waals surface area (Å²) in [7, 11) is 2.85. The lowest BCUT2D eigenvalue weighted by molar-refractivity contribution is -0.132. The first-order valence-corrected chi connectivity index (χ1v) is 7.51. The summed E-state index contributed by atoms with van der Waals surface area (Å²) >= 11 is 0. The summed E-state index contributed by atoms with van der Waals surface area (Å²) in [6.07, 6.45) is 1.39. The minimum Gasteiger partial charge on any atom is -0.508 e. The lowest BCUT2D eigenvalue weighted by atomic mass is 10.2. The molecular formula is C18H18N2O6. The summed E-state index contributed by atoms with van der Waals surface area (Å²) in [4.78, 5) is 23.2. The number of carbonyl (C=O) groups is 2. The number of methoxy groups -OCH3 is 2. The zero-order valence-electron chi connectivity index (χ0n) is 14.5. The maximum atomic E-state index is 12.0. The SMILES string of the molecule is COc1cc(/C=N/NC(=O)c2ccc(O)cc2)cc(OC)c1OC(C)=O. The molecule has 8 heteroatoms. The number of aromatic hydroxyl groups is 1. The van der Waals surface area contributed by atoms with Gasteiger partial charge in [0, 0.05) is 18.1 Å². The standard InChI is InChI=1S/C18H18N2O6/c1-11(21)26-17-15(24-2)8-12(9-16(17)25-3)10-19-20-18(23)13-4-6-14(22)7-5-13/h4-10,22H,1-3H3,(H,20,23)/b19-10+. The predicted octanol–water partition coefficient (Wildman–Crippen LogP) is 2.10. The molecule has 0 radical (unpaired) electrons. The Kier molecular flexibility index (Phi) is 6.15. The van der Waals surface area contributed by atoms with Gasteiger partial charge in [0.05, 0.1) is 20.4 Å². The molecule has 0 atom stereocenters. The van der Waals surface area contributed by atoms with E-state index in [-0.39, 0.29) is 23.0 Å². The van der Waals surface area contributed by atoms with Gasteiger partial charge in [-0.3, -0.25) is 9.59 Å². The summed E-state index contributed by atoms with van der Waals surface area (Å²) in [5.41, 5.74) is 3.27. The van der Waals surface area contributed by atoms with Crippen LogP contribution in [0.4, 0.5) is 0 Å². The molecular weight excluding hydrogens is 340 g/mol. The second-order valence-electron chi connectivity index (χ2n) is 5.09. The van der Waals surface area contributed by atoms with E-state index >= 15 is 0 Å². The normalized spacial score (nSPS) is 10.4. The van der Waals surface area contributed by atoms with Gasteiger partial charge in [-0.15, -0.1) is 0 Å². The van der Waals surface area contributed by atoms with E-state index in [4.69, 9.17) is 14.2 Å². The molecule has 0 bridgehead atoms. The molecule has 0 spiro atoms. The molecule has 2 rings (SSSR count). The van der Waals surface area contributed by atoms with Crippen LogP contribution in [0.2, 0.25) is 0 Å².